The summed E-state index contributed by atoms with van der Waals surface area (Å²) in [7, 11) is 0. The third-order valence-corrected chi connectivity index (χ3v) is 3.72. The topological polar surface area (TPSA) is 64.1 Å². The monoisotopic (exact) mass is 319 g/mol. The van der Waals surface area contributed by atoms with Gasteiger partial charge in [-0.25, -0.2) is 0 Å². The molecule has 0 spiro atoms. The number of carbonyl (C=O) groups is 1. The van der Waals surface area contributed by atoms with E-state index in [0.29, 0.717) is 30.5 Å². The Balaban J connectivity index is 1.66. The molecule has 118 valence electrons. The predicted molar refractivity (Wildman–Crippen MR) is 88.3 cm³/mol. The SMILES string of the molecule is CC(C)Cc1nnc(NC(=O)CCCOc2ccccc2)s1. The number of ether oxygens (including phenoxy) is 1. The maximum atomic E-state index is 11.8. The minimum atomic E-state index is -0.0519. The summed E-state index contributed by atoms with van der Waals surface area (Å²) in [5, 5.41) is 12.4. The summed E-state index contributed by atoms with van der Waals surface area (Å²) >= 11 is 1.44. The first-order valence-corrected chi connectivity index (χ1v) is 8.25. The number of amides is 1. The number of carbonyl (C=O) groups excluding carboxylic acids is 1. The van der Waals surface area contributed by atoms with Gasteiger partial charge in [-0.3, -0.25) is 4.79 Å². The maximum absolute atomic E-state index is 11.8. The van der Waals surface area contributed by atoms with E-state index in [1.165, 1.54) is 11.3 Å². The fraction of sp³-hybridized carbons (Fsp3) is 0.438. The normalized spacial score (nSPS) is 10.7. The number of hydrogen-bond acceptors (Lipinski definition) is 5. The van der Waals surface area contributed by atoms with Crippen molar-refractivity contribution in [3.05, 3.63) is 35.3 Å². The van der Waals surface area contributed by atoms with Gasteiger partial charge in [0, 0.05) is 12.8 Å². The molecule has 0 aliphatic rings. The molecule has 0 saturated carbocycles. The Morgan fingerprint density at radius 3 is 2.77 bits per heavy atom. The molecule has 22 heavy (non-hydrogen) atoms. The molecule has 0 fully saturated rings. The molecule has 0 atom stereocenters. The van der Waals surface area contributed by atoms with E-state index in [9.17, 15) is 4.79 Å². The van der Waals surface area contributed by atoms with Gasteiger partial charge in [0.15, 0.2) is 0 Å². The zero-order valence-electron chi connectivity index (χ0n) is 12.9. The van der Waals surface area contributed by atoms with Crippen molar-refractivity contribution in [1.29, 1.82) is 0 Å². The van der Waals surface area contributed by atoms with Gasteiger partial charge in [0.25, 0.3) is 0 Å². The highest BCUT2D eigenvalue weighted by Gasteiger charge is 2.09. The fourth-order valence-corrected chi connectivity index (χ4v) is 2.83. The molecule has 1 aromatic carbocycles. The van der Waals surface area contributed by atoms with Crippen LogP contribution in [-0.2, 0) is 11.2 Å². The Kier molecular flexibility index (Phi) is 6.33. The molecule has 1 aromatic heterocycles. The van der Waals surface area contributed by atoms with Gasteiger partial charge < -0.3 is 10.1 Å². The van der Waals surface area contributed by atoms with E-state index in [0.717, 1.165) is 17.2 Å². The molecule has 0 aliphatic heterocycles. The largest absolute Gasteiger partial charge is 0.494 e. The lowest BCUT2D eigenvalue weighted by Gasteiger charge is -2.05. The van der Waals surface area contributed by atoms with Crippen LogP contribution in [0.4, 0.5) is 5.13 Å². The lowest BCUT2D eigenvalue weighted by molar-refractivity contribution is -0.116. The molecule has 2 rings (SSSR count). The van der Waals surface area contributed by atoms with Crippen LogP contribution in [0.2, 0.25) is 0 Å². The third-order valence-electron chi connectivity index (χ3n) is 2.86. The van der Waals surface area contributed by atoms with Crippen LogP contribution in [0.3, 0.4) is 0 Å². The van der Waals surface area contributed by atoms with Gasteiger partial charge in [-0.1, -0.05) is 43.4 Å². The second-order valence-electron chi connectivity index (χ2n) is 5.41. The number of hydrogen-bond donors (Lipinski definition) is 1. The van der Waals surface area contributed by atoms with E-state index in [2.05, 4.69) is 29.4 Å². The van der Waals surface area contributed by atoms with Gasteiger partial charge in [-0.2, -0.15) is 0 Å². The summed E-state index contributed by atoms with van der Waals surface area (Å²) in [6.07, 6.45) is 1.96. The summed E-state index contributed by atoms with van der Waals surface area (Å²) in [5.41, 5.74) is 0. The van der Waals surface area contributed by atoms with Gasteiger partial charge in [-0.15, -0.1) is 10.2 Å². The Morgan fingerprint density at radius 2 is 2.05 bits per heavy atom. The molecule has 1 N–H and O–H groups in total. The molecular weight excluding hydrogens is 298 g/mol. The lowest BCUT2D eigenvalue weighted by Crippen LogP contribution is -2.12. The number of para-hydroxylation sites is 1. The maximum Gasteiger partial charge on any atom is 0.226 e. The molecule has 0 bridgehead atoms. The highest BCUT2D eigenvalue weighted by atomic mass is 32.1. The number of nitrogens with zero attached hydrogens (tertiary/aromatic N) is 2. The summed E-state index contributed by atoms with van der Waals surface area (Å²) in [4.78, 5) is 11.8. The van der Waals surface area contributed by atoms with Crippen LogP contribution >= 0.6 is 11.3 Å². The van der Waals surface area contributed by atoms with Crippen molar-refractivity contribution in [2.24, 2.45) is 5.92 Å². The van der Waals surface area contributed by atoms with Gasteiger partial charge in [-0.05, 0) is 24.5 Å². The highest BCUT2D eigenvalue weighted by molar-refractivity contribution is 7.15. The first-order chi connectivity index (χ1) is 10.6. The van der Waals surface area contributed by atoms with Gasteiger partial charge in [0.2, 0.25) is 11.0 Å². The van der Waals surface area contributed by atoms with Crippen LogP contribution in [0.25, 0.3) is 0 Å². The van der Waals surface area contributed by atoms with E-state index < -0.39 is 0 Å². The summed E-state index contributed by atoms with van der Waals surface area (Å²) < 4.78 is 5.55. The molecule has 6 heteroatoms. The van der Waals surface area contributed by atoms with Crippen molar-refractivity contribution in [2.45, 2.75) is 33.1 Å². The Bertz CT molecular complexity index is 584. The van der Waals surface area contributed by atoms with Crippen LogP contribution in [0.1, 0.15) is 31.7 Å². The van der Waals surface area contributed by atoms with E-state index in [-0.39, 0.29) is 5.91 Å². The van der Waals surface area contributed by atoms with Crippen molar-refractivity contribution in [1.82, 2.24) is 10.2 Å². The summed E-state index contributed by atoms with van der Waals surface area (Å²) in [6.45, 7) is 4.78. The number of nitrogens with one attached hydrogen (secondary N) is 1. The zero-order valence-corrected chi connectivity index (χ0v) is 13.7. The second-order valence-corrected chi connectivity index (χ2v) is 6.47. The molecular formula is C16H21N3O2S. The van der Waals surface area contributed by atoms with Crippen LogP contribution in [0.5, 0.6) is 5.75 Å². The van der Waals surface area contributed by atoms with Gasteiger partial charge >= 0.3 is 0 Å². The van der Waals surface area contributed by atoms with Crippen molar-refractivity contribution < 1.29 is 9.53 Å². The standard InChI is InChI=1S/C16H21N3O2S/c1-12(2)11-15-18-19-16(22-15)17-14(20)9-6-10-21-13-7-4-3-5-8-13/h3-5,7-8,12H,6,9-11H2,1-2H3,(H,17,19,20). The zero-order chi connectivity index (χ0) is 15.8. The van der Waals surface area contributed by atoms with Gasteiger partial charge in [0.05, 0.1) is 6.61 Å². The molecule has 2 aromatic rings. The molecule has 0 radical (unpaired) electrons. The van der Waals surface area contributed by atoms with Crippen molar-refractivity contribution in [2.75, 3.05) is 11.9 Å². The smallest absolute Gasteiger partial charge is 0.226 e. The van der Waals surface area contributed by atoms with E-state index in [1.54, 1.807) is 0 Å². The first-order valence-electron chi connectivity index (χ1n) is 7.43. The third kappa shape index (κ3) is 5.81. The fourth-order valence-electron chi connectivity index (χ4n) is 1.86. The average Bonchev–Trinajstić information content (AvgIpc) is 2.91. The molecule has 0 unspecified atom stereocenters. The lowest BCUT2D eigenvalue weighted by atomic mass is 10.1. The Morgan fingerprint density at radius 1 is 1.27 bits per heavy atom. The molecule has 1 heterocycles. The van der Waals surface area contributed by atoms with Crippen molar-refractivity contribution >= 4 is 22.4 Å². The number of aromatic nitrogens is 2. The van der Waals surface area contributed by atoms with E-state index in [1.807, 2.05) is 30.3 Å². The van der Waals surface area contributed by atoms with Crippen molar-refractivity contribution in [3.8, 4) is 5.75 Å². The minimum absolute atomic E-state index is 0.0519. The quantitative estimate of drug-likeness (QED) is 0.756. The van der Waals surface area contributed by atoms with Crippen LogP contribution < -0.4 is 10.1 Å². The molecule has 5 nitrogen and oxygen atoms in total. The minimum Gasteiger partial charge on any atom is -0.494 e. The number of rotatable bonds is 8. The Labute approximate surface area is 134 Å². The Hall–Kier alpha value is -1.95. The van der Waals surface area contributed by atoms with Gasteiger partial charge in [0.1, 0.15) is 10.8 Å². The summed E-state index contributed by atoms with van der Waals surface area (Å²) in [6, 6.07) is 9.59. The van der Waals surface area contributed by atoms with Crippen LogP contribution in [0, 0.1) is 5.92 Å². The first kappa shape index (κ1) is 16.4. The molecule has 0 saturated heterocycles. The van der Waals surface area contributed by atoms with Crippen LogP contribution in [0.15, 0.2) is 30.3 Å². The molecule has 1 amide bonds. The van der Waals surface area contributed by atoms with Crippen LogP contribution in [-0.4, -0.2) is 22.7 Å². The molecule has 0 aliphatic carbocycles. The number of anilines is 1. The number of benzene rings is 1. The predicted octanol–water partition coefficient (Wildman–Crippen LogP) is 3.53. The summed E-state index contributed by atoms with van der Waals surface area (Å²) in [5.74, 6) is 1.31. The average molecular weight is 319 g/mol. The second kappa shape index (κ2) is 8.48. The highest BCUT2D eigenvalue weighted by Crippen LogP contribution is 2.18. The van der Waals surface area contributed by atoms with E-state index >= 15 is 0 Å². The van der Waals surface area contributed by atoms with Crippen molar-refractivity contribution in [3.63, 3.8) is 0 Å². The van der Waals surface area contributed by atoms with E-state index in [4.69, 9.17) is 4.74 Å².